The van der Waals surface area contributed by atoms with Crippen LogP contribution >= 0.6 is 0 Å². The molecule has 0 amide bonds. The summed E-state index contributed by atoms with van der Waals surface area (Å²) in [5.74, 6) is 0. The molecule has 120 valence electrons. The SMILES string of the molecule is N#Cc1cc2c(=O)n(CCCCC3CCCO3)ccc2[nH]c1=O. The molecule has 1 unspecified atom stereocenters. The average Bonchev–Trinajstić information content (AvgIpc) is 3.06. The standard InChI is InChI=1S/C17H19N3O3/c18-11-12-10-14-15(19-16(12)21)6-8-20(17(14)22)7-2-1-4-13-5-3-9-23-13/h6,8,10,13H,1-5,7,9H2,(H,19,21). The summed E-state index contributed by atoms with van der Waals surface area (Å²) in [6.45, 7) is 1.50. The van der Waals surface area contributed by atoms with Gasteiger partial charge in [0.15, 0.2) is 0 Å². The van der Waals surface area contributed by atoms with Gasteiger partial charge in [-0.1, -0.05) is 0 Å². The van der Waals surface area contributed by atoms with Crippen molar-refractivity contribution in [2.24, 2.45) is 0 Å². The maximum Gasteiger partial charge on any atom is 0.266 e. The highest BCUT2D eigenvalue weighted by Crippen LogP contribution is 2.17. The molecule has 1 N–H and O–H groups in total. The van der Waals surface area contributed by atoms with Crippen molar-refractivity contribution >= 4 is 10.9 Å². The number of aryl methyl sites for hydroxylation is 1. The summed E-state index contributed by atoms with van der Waals surface area (Å²) in [5, 5.41) is 9.30. The minimum Gasteiger partial charge on any atom is -0.378 e. The highest BCUT2D eigenvalue weighted by molar-refractivity contribution is 5.78. The van der Waals surface area contributed by atoms with Crippen molar-refractivity contribution in [2.75, 3.05) is 6.61 Å². The van der Waals surface area contributed by atoms with Gasteiger partial charge in [-0.15, -0.1) is 0 Å². The van der Waals surface area contributed by atoms with Crippen LogP contribution in [0.1, 0.15) is 37.7 Å². The van der Waals surface area contributed by atoms with E-state index >= 15 is 0 Å². The third-order valence-corrected chi connectivity index (χ3v) is 4.30. The van der Waals surface area contributed by atoms with Gasteiger partial charge in [0.25, 0.3) is 11.1 Å². The molecule has 1 aliphatic heterocycles. The predicted molar refractivity (Wildman–Crippen MR) is 86.4 cm³/mol. The van der Waals surface area contributed by atoms with E-state index in [9.17, 15) is 9.59 Å². The molecule has 2 aromatic heterocycles. The number of aromatic nitrogens is 2. The zero-order valence-electron chi connectivity index (χ0n) is 12.9. The molecule has 1 aliphatic rings. The number of nitriles is 1. The van der Waals surface area contributed by atoms with Crippen LogP contribution in [0.5, 0.6) is 0 Å². The molecular formula is C17H19N3O3. The van der Waals surface area contributed by atoms with E-state index in [1.165, 1.54) is 6.07 Å². The van der Waals surface area contributed by atoms with Crippen molar-refractivity contribution in [3.63, 3.8) is 0 Å². The van der Waals surface area contributed by atoms with E-state index in [4.69, 9.17) is 10.00 Å². The minimum absolute atomic E-state index is 0.0364. The van der Waals surface area contributed by atoms with E-state index in [0.717, 1.165) is 38.7 Å². The van der Waals surface area contributed by atoms with Crippen LogP contribution in [0.2, 0.25) is 0 Å². The van der Waals surface area contributed by atoms with Gasteiger partial charge in [-0.3, -0.25) is 9.59 Å². The molecule has 23 heavy (non-hydrogen) atoms. The molecule has 3 heterocycles. The number of fused-ring (bicyclic) bond motifs is 1. The number of hydrogen-bond donors (Lipinski definition) is 1. The minimum atomic E-state index is -0.464. The first-order valence-corrected chi connectivity index (χ1v) is 7.97. The number of rotatable bonds is 5. The summed E-state index contributed by atoms with van der Waals surface area (Å²) in [5.41, 5.74) is -0.207. The smallest absolute Gasteiger partial charge is 0.266 e. The van der Waals surface area contributed by atoms with Crippen molar-refractivity contribution in [1.29, 1.82) is 5.26 Å². The first kappa shape index (κ1) is 15.5. The Bertz CT molecular complexity index is 854. The number of pyridine rings is 2. The fourth-order valence-corrected chi connectivity index (χ4v) is 3.03. The summed E-state index contributed by atoms with van der Waals surface area (Å²) in [7, 11) is 0. The van der Waals surface area contributed by atoms with Gasteiger partial charge in [0.1, 0.15) is 11.6 Å². The lowest BCUT2D eigenvalue weighted by Gasteiger charge is -2.10. The number of H-pyrrole nitrogens is 1. The monoisotopic (exact) mass is 313 g/mol. The van der Waals surface area contributed by atoms with E-state index in [-0.39, 0.29) is 11.1 Å². The van der Waals surface area contributed by atoms with E-state index in [2.05, 4.69) is 4.98 Å². The highest BCUT2D eigenvalue weighted by atomic mass is 16.5. The predicted octanol–water partition coefficient (Wildman–Crippen LogP) is 1.91. The second kappa shape index (κ2) is 6.80. The quantitative estimate of drug-likeness (QED) is 0.854. The molecule has 0 spiro atoms. The van der Waals surface area contributed by atoms with Gasteiger partial charge in [-0.25, -0.2) is 0 Å². The molecule has 3 rings (SSSR count). The number of ether oxygens (including phenoxy) is 1. The zero-order valence-corrected chi connectivity index (χ0v) is 12.9. The van der Waals surface area contributed by atoms with E-state index in [0.29, 0.717) is 23.6 Å². The van der Waals surface area contributed by atoms with Gasteiger partial charge < -0.3 is 14.3 Å². The van der Waals surface area contributed by atoms with Crippen molar-refractivity contribution in [2.45, 2.75) is 44.8 Å². The van der Waals surface area contributed by atoms with E-state index < -0.39 is 5.56 Å². The molecular weight excluding hydrogens is 294 g/mol. The maximum absolute atomic E-state index is 12.5. The molecule has 1 fully saturated rings. The summed E-state index contributed by atoms with van der Waals surface area (Å²) < 4.78 is 7.23. The Labute approximate surface area is 133 Å². The van der Waals surface area contributed by atoms with Crippen LogP contribution in [0, 0.1) is 11.3 Å². The fraction of sp³-hybridized carbons (Fsp3) is 0.471. The van der Waals surface area contributed by atoms with Gasteiger partial charge in [-0.05, 0) is 44.2 Å². The Morgan fingerprint density at radius 1 is 1.39 bits per heavy atom. The van der Waals surface area contributed by atoms with Crippen LogP contribution in [0.15, 0.2) is 27.9 Å². The number of nitrogens with zero attached hydrogens (tertiary/aromatic N) is 2. The van der Waals surface area contributed by atoms with Gasteiger partial charge in [0.2, 0.25) is 0 Å². The lowest BCUT2D eigenvalue weighted by atomic mass is 10.1. The summed E-state index contributed by atoms with van der Waals surface area (Å²) >= 11 is 0. The van der Waals surface area contributed by atoms with Crippen LogP contribution in [0.3, 0.4) is 0 Å². The molecule has 0 saturated carbocycles. The maximum atomic E-state index is 12.5. The van der Waals surface area contributed by atoms with E-state index in [1.807, 2.05) is 6.07 Å². The van der Waals surface area contributed by atoms with Gasteiger partial charge in [0, 0.05) is 19.3 Å². The Kier molecular flexibility index (Phi) is 4.58. The van der Waals surface area contributed by atoms with Crippen molar-refractivity contribution < 1.29 is 4.74 Å². The Morgan fingerprint density at radius 3 is 3.00 bits per heavy atom. The third kappa shape index (κ3) is 3.35. The molecule has 0 bridgehead atoms. The lowest BCUT2D eigenvalue weighted by Crippen LogP contribution is -2.22. The van der Waals surface area contributed by atoms with Gasteiger partial charge >= 0.3 is 0 Å². The number of nitrogens with one attached hydrogen (secondary N) is 1. The van der Waals surface area contributed by atoms with Gasteiger partial charge in [0.05, 0.1) is 17.0 Å². The Hall–Kier alpha value is -2.39. The highest BCUT2D eigenvalue weighted by Gasteiger charge is 2.14. The average molecular weight is 313 g/mol. The first-order chi connectivity index (χ1) is 11.2. The molecule has 2 aromatic rings. The van der Waals surface area contributed by atoms with Crippen LogP contribution in [0.25, 0.3) is 10.9 Å². The van der Waals surface area contributed by atoms with Crippen LogP contribution in [-0.2, 0) is 11.3 Å². The fourth-order valence-electron chi connectivity index (χ4n) is 3.03. The zero-order chi connectivity index (χ0) is 16.2. The van der Waals surface area contributed by atoms with Crippen molar-refractivity contribution in [1.82, 2.24) is 9.55 Å². The second-order valence-corrected chi connectivity index (χ2v) is 5.90. The molecule has 6 heteroatoms. The van der Waals surface area contributed by atoms with Crippen LogP contribution < -0.4 is 11.1 Å². The first-order valence-electron chi connectivity index (χ1n) is 7.97. The topological polar surface area (TPSA) is 87.9 Å². The summed E-state index contributed by atoms with van der Waals surface area (Å²) in [4.78, 5) is 26.6. The van der Waals surface area contributed by atoms with Gasteiger partial charge in [-0.2, -0.15) is 5.26 Å². The van der Waals surface area contributed by atoms with Crippen LogP contribution in [-0.4, -0.2) is 22.3 Å². The number of aromatic amines is 1. The molecule has 0 aliphatic carbocycles. The van der Waals surface area contributed by atoms with Crippen LogP contribution in [0.4, 0.5) is 0 Å². The van der Waals surface area contributed by atoms with Crippen molar-refractivity contribution in [3.8, 4) is 6.07 Å². The number of hydrogen-bond acceptors (Lipinski definition) is 4. The summed E-state index contributed by atoms with van der Waals surface area (Å²) in [6, 6.07) is 4.89. The summed E-state index contributed by atoms with van der Waals surface area (Å²) in [6.07, 6.45) is 7.32. The molecule has 0 aromatic carbocycles. The molecule has 1 atom stereocenters. The second-order valence-electron chi connectivity index (χ2n) is 5.90. The Morgan fingerprint density at radius 2 is 2.26 bits per heavy atom. The number of unbranched alkanes of at least 4 members (excludes halogenated alkanes) is 1. The molecule has 0 radical (unpaired) electrons. The normalized spacial score (nSPS) is 17.4. The van der Waals surface area contributed by atoms with E-state index in [1.54, 1.807) is 16.8 Å². The van der Waals surface area contributed by atoms with Crippen molar-refractivity contribution in [3.05, 3.63) is 44.6 Å². The molecule has 6 nitrogen and oxygen atoms in total. The third-order valence-electron chi connectivity index (χ3n) is 4.30. The molecule has 1 saturated heterocycles. The Balaban J connectivity index is 1.72. The largest absolute Gasteiger partial charge is 0.378 e. The lowest BCUT2D eigenvalue weighted by molar-refractivity contribution is 0.102.